The second-order valence-corrected chi connectivity index (χ2v) is 4.44. The van der Waals surface area contributed by atoms with E-state index >= 15 is 0 Å². The van der Waals surface area contributed by atoms with Gasteiger partial charge in [0.1, 0.15) is 0 Å². The van der Waals surface area contributed by atoms with Gasteiger partial charge in [-0.15, -0.1) is 0 Å². The first-order valence-electron chi connectivity index (χ1n) is 6.54. The van der Waals surface area contributed by atoms with E-state index in [9.17, 15) is 4.39 Å². The highest BCUT2D eigenvalue weighted by Gasteiger charge is 1.99. The van der Waals surface area contributed by atoms with Crippen molar-refractivity contribution < 1.29 is 9.13 Å². The van der Waals surface area contributed by atoms with Crippen LogP contribution in [0.15, 0.2) is 60.9 Å². The van der Waals surface area contributed by atoms with Crippen molar-refractivity contribution in [3.05, 3.63) is 66.7 Å². The van der Waals surface area contributed by atoms with Gasteiger partial charge in [-0.25, -0.2) is 9.07 Å². The molecule has 1 heterocycles. The number of hydrogen-bond donors (Lipinski definition) is 2. The topological polar surface area (TPSA) is 79.1 Å². The van der Waals surface area contributed by atoms with E-state index in [2.05, 4.69) is 9.84 Å². The number of nitrogens with two attached hydrogens (primary N) is 2. The fourth-order valence-corrected chi connectivity index (χ4v) is 1.73. The van der Waals surface area contributed by atoms with Crippen LogP contribution in [0.4, 0.5) is 15.8 Å². The summed E-state index contributed by atoms with van der Waals surface area (Å²) < 4.78 is 19.1. The van der Waals surface area contributed by atoms with Gasteiger partial charge >= 0.3 is 0 Å². The maximum absolute atomic E-state index is 12.6. The van der Waals surface area contributed by atoms with E-state index in [-0.39, 0.29) is 5.75 Å². The van der Waals surface area contributed by atoms with E-state index in [1.807, 2.05) is 36.5 Å². The Hall–Kier alpha value is -3.02. The molecule has 0 fully saturated rings. The third-order valence-corrected chi connectivity index (χ3v) is 2.84. The highest BCUT2D eigenvalue weighted by Crippen LogP contribution is 2.18. The van der Waals surface area contributed by atoms with Gasteiger partial charge in [-0.3, -0.25) is 0 Å². The van der Waals surface area contributed by atoms with Crippen LogP contribution in [0.3, 0.4) is 0 Å². The molecule has 4 N–H and O–H groups in total. The summed E-state index contributed by atoms with van der Waals surface area (Å²) in [6.07, 6.45) is 3.64. The van der Waals surface area contributed by atoms with Crippen LogP contribution in [-0.4, -0.2) is 16.9 Å². The van der Waals surface area contributed by atoms with Crippen molar-refractivity contribution in [2.24, 2.45) is 0 Å². The van der Waals surface area contributed by atoms with Crippen molar-refractivity contribution in [1.29, 1.82) is 0 Å². The van der Waals surface area contributed by atoms with Gasteiger partial charge in [0.2, 0.25) is 0 Å². The summed E-state index contributed by atoms with van der Waals surface area (Å²) in [4.78, 5) is 0. The van der Waals surface area contributed by atoms with Gasteiger partial charge in [-0.2, -0.15) is 5.10 Å². The minimum atomic E-state index is -0.428. The normalized spacial score (nSPS) is 9.73. The Morgan fingerprint density at radius 2 is 1.73 bits per heavy atom. The molecule has 5 nitrogen and oxygen atoms in total. The van der Waals surface area contributed by atoms with Crippen LogP contribution in [-0.2, 0) is 0 Å². The fourth-order valence-electron chi connectivity index (χ4n) is 1.73. The van der Waals surface area contributed by atoms with Gasteiger partial charge in [0.15, 0.2) is 11.6 Å². The lowest BCUT2D eigenvalue weighted by Crippen LogP contribution is -1.94. The third-order valence-electron chi connectivity index (χ3n) is 2.84. The maximum Gasteiger partial charge on any atom is 0.167 e. The number of anilines is 2. The first kappa shape index (κ1) is 15.4. The van der Waals surface area contributed by atoms with Crippen LogP contribution < -0.4 is 16.2 Å². The van der Waals surface area contributed by atoms with Crippen molar-refractivity contribution in [2.75, 3.05) is 18.6 Å². The van der Waals surface area contributed by atoms with Crippen molar-refractivity contribution >= 4 is 11.4 Å². The van der Waals surface area contributed by atoms with E-state index in [1.165, 1.54) is 19.2 Å². The second-order valence-electron chi connectivity index (χ2n) is 4.44. The molecule has 0 aliphatic rings. The number of halogens is 1. The smallest absolute Gasteiger partial charge is 0.167 e. The summed E-state index contributed by atoms with van der Waals surface area (Å²) in [7, 11) is 1.41. The summed E-state index contributed by atoms with van der Waals surface area (Å²) in [5.74, 6) is -0.211. The molecule has 0 aliphatic heterocycles. The lowest BCUT2D eigenvalue weighted by atomic mass is 10.3. The monoisotopic (exact) mass is 300 g/mol. The Labute approximate surface area is 127 Å². The Morgan fingerprint density at radius 1 is 1.05 bits per heavy atom. The molecular weight excluding hydrogens is 283 g/mol. The first-order chi connectivity index (χ1) is 10.6. The molecule has 0 radical (unpaired) electrons. The first-order valence-corrected chi connectivity index (χ1v) is 6.54. The highest BCUT2D eigenvalue weighted by molar-refractivity contribution is 5.44. The molecular formula is C16H17FN4O. The van der Waals surface area contributed by atoms with E-state index in [0.717, 1.165) is 11.4 Å². The number of nitrogen functional groups attached to an aromatic ring is 2. The highest BCUT2D eigenvalue weighted by atomic mass is 19.1. The quantitative estimate of drug-likeness (QED) is 0.713. The van der Waals surface area contributed by atoms with Crippen LogP contribution in [0, 0.1) is 5.82 Å². The van der Waals surface area contributed by atoms with Gasteiger partial charge in [0, 0.05) is 29.8 Å². The number of methoxy groups -OCH3 is 1. The molecule has 22 heavy (non-hydrogen) atoms. The van der Waals surface area contributed by atoms with Gasteiger partial charge in [0.25, 0.3) is 0 Å². The minimum Gasteiger partial charge on any atom is -0.494 e. The van der Waals surface area contributed by atoms with Gasteiger partial charge in [0.05, 0.1) is 12.8 Å². The van der Waals surface area contributed by atoms with Crippen molar-refractivity contribution in [3.8, 4) is 11.4 Å². The number of hydrogen-bond acceptors (Lipinski definition) is 4. The maximum atomic E-state index is 12.6. The fraction of sp³-hybridized carbons (Fsp3) is 0.0625. The molecule has 0 atom stereocenters. The zero-order chi connectivity index (χ0) is 15.9. The number of ether oxygens (including phenoxy) is 1. The van der Waals surface area contributed by atoms with E-state index in [1.54, 1.807) is 16.9 Å². The Kier molecular flexibility index (Phi) is 4.98. The largest absolute Gasteiger partial charge is 0.494 e. The van der Waals surface area contributed by atoms with Crippen LogP contribution >= 0.6 is 0 Å². The zero-order valence-corrected chi connectivity index (χ0v) is 12.1. The van der Waals surface area contributed by atoms with Crippen molar-refractivity contribution in [2.45, 2.75) is 0 Å². The van der Waals surface area contributed by atoms with Crippen molar-refractivity contribution in [1.82, 2.24) is 9.78 Å². The summed E-state index contributed by atoms with van der Waals surface area (Å²) in [6.45, 7) is 0. The summed E-state index contributed by atoms with van der Waals surface area (Å²) >= 11 is 0. The molecule has 6 heteroatoms. The molecule has 0 amide bonds. The molecule has 3 aromatic rings. The molecule has 0 unspecified atom stereocenters. The second kappa shape index (κ2) is 7.12. The average molecular weight is 300 g/mol. The van der Waals surface area contributed by atoms with Crippen LogP contribution in [0.2, 0.25) is 0 Å². The molecule has 2 aromatic carbocycles. The predicted molar refractivity (Wildman–Crippen MR) is 85.3 cm³/mol. The minimum absolute atomic E-state index is 0.217. The molecule has 1 aromatic heterocycles. The summed E-state index contributed by atoms with van der Waals surface area (Å²) in [6, 6.07) is 13.8. The molecule has 0 saturated heterocycles. The summed E-state index contributed by atoms with van der Waals surface area (Å²) in [5.41, 5.74) is 13.0. The molecule has 0 aliphatic carbocycles. The number of benzene rings is 2. The molecule has 114 valence electrons. The molecule has 0 bridgehead atoms. The lowest BCUT2D eigenvalue weighted by molar-refractivity contribution is 0.387. The Morgan fingerprint density at radius 3 is 2.27 bits per heavy atom. The predicted octanol–water partition coefficient (Wildman–Crippen LogP) is 2.87. The van der Waals surface area contributed by atoms with Crippen LogP contribution in [0.25, 0.3) is 5.69 Å². The zero-order valence-electron chi connectivity index (χ0n) is 12.1. The van der Waals surface area contributed by atoms with Crippen LogP contribution in [0.1, 0.15) is 0 Å². The Balaban J connectivity index is 0.000000164. The lowest BCUT2D eigenvalue weighted by Gasteiger charge is -2.00. The molecule has 0 saturated carbocycles. The van der Waals surface area contributed by atoms with Gasteiger partial charge in [-0.1, -0.05) is 0 Å². The number of nitrogens with zero attached hydrogens (tertiary/aromatic N) is 2. The standard InChI is InChI=1S/C9H9N3.C7H8FNO/c10-8-2-4-9(5-3-8)12-7-1-6-11-12;1-10-7-3-2-5(9)4-6(7)8/h1-7H,10H2;2-4H,9H2,1H3. The average Bonchev–Trinajstić information content (AvgIpc) is 3.03. The SMILES string of the molecule is COc1ccc(N)cc1F.Nc1ccc(-n2cccn2)cc1. The molecule has 3 rings (SSSR count). The van der Waals surface area contributed by atoms with Gasteiger partial charge in [-0.05, 0) is 42.5 Å². The summed E-state index contributed by atoms with van der Waals surface area (Å²) in [5, 5.41) is 4.09. The number of rotatable bonds is 2. The van der Waals surface area contributed by atoms with Crippen molar-refractivity contribution in [3.63, 3.8) is 0 Å². The molecule has 0 spiro atoms. The Bertz CT molecular complexity index is 712. The van der Waals surface area contributed by atoms with Gasteiger partial charge < -0.3 is 16.2 Å². The van der Waals surface area contributed by atoms with Crippen LogP contribution in [0.5, 0.6) is 5.75 Å². The van der Waals surface area contributed by atoms with E-state index in [0.29, 0.717) is 5.69 Å². The van der Waals surface area contributed by atoms with E-state index < -0.39 is 5.82 Å². The third kappa shape index (κ3) is 3.99. The number of aromatic nitrogens is 2. The van der Waals surface area contributed by atoms with E-state index in [4.69, 9.17) is 11.5 Å².